The molecule has 3 heteroatoms. The Morgan fingerprint density at radius 1 is 1.39 bits per heavy atom. The van der Waals surface area contributed by atoms with Crippen molar-refractivity contribution in [2.45, 2.75) is 39.2 Å². The minimum absolute atomic E-state index is 0.172. The lowest BCUT2D eigenvalue weighted by atomic mass is 9.97. The van der Waals surface area contributed by atoms with Crippen LogP contribution in [-0.4, -0.2) is 19.1 Å². The highest BCUT2D eigenvalue weighted by atomic mass is 35.5. The summed E-state index contributed by atoms with van der Waals surface area (Å²) >= 11 is 6.40. The van der Waals surface area contributed by atoms with Crippen LogP contribution in [0.25, 0.3) is 0 Å². The minimum atomic E-state index is 0.172. The summed E-state index contributed by atoms with van der Waals surface area (Å²) in [4.78, 5) is 2.43. The molecule has 0 aromatic heterocycles. The number of piperidine rings is 1. The van der Waals surface area contributed by atoms with E-state index in [0.29, 0.717) is 0 Å². The van der Waals surface area contributed by atoms with Gasteiger partial charge in [0.1, 0.15) is 0 Å². The fourth-order valence-corrected chi connectivity index (χ4v) is 2.97. The molecule has 2 nitrogen and oxygen atoms in total. The Labute approximate surface area is 115 Å². The van der Waals surface area contributed by atoms with Crippen LogP contribution in [0.4, 0.5) is 5.69 Å². The molecule has 18 heavy (non-hydrogen) atoms. The van der Waals surface area contributed by atoms with Crippen molar-refractivity contribution < 1.29 is 0 Å². The molecule has 2 N–H and O–H groups in total. The summed E-state index contributed by atoms with van der Waals surface area (Å²) in [6.45, 7) is 6.59. The molecule has 100 valence electrons. The van der Waals surface area contributed by atoms with Gasteiger partial charge in [-0.15, -0.1) is 0 Å². The molecule has 1 aromatic carbocycles. The molecule has 1 unspecified atom stereocenters. The first-order valence-corrected chi connectivity index (χ1v) is 7.23. The zero-order valence-corrected chi connectivity index (χ0v) is 12.1. The number of nitrogens with two attached hydrogens (primary N) is 1. The monoisotopic (exact) mass is 266 g/mol. The number of nitrogens with zero attached hydrogens (tertiary/aromatic N) is 1. The van der Waals surface area contributed by atoms with Crippen molar-refractivity contribution in [1.29, 1.82) is 0 Å². The van der Waals surface area contributed by atoms with E-state index < -0.39 is 0 Å². The topological polar surface area (TPSA) is 29.3 Å². The van der Waals surface area contributed by atoms with E-state index in [2.05, 4.69) is 17.9 Å². The third kappa shape index (κ3) is 3.18. The van der Waals surface area contributed by atoms with Gasteiger partial charge in [0.2, 0.25) is 0 Å². The van der Waals surface area contributed by atoms with Gasteiger partial charge in [0.05, 0.1) is 10.7 Å². The van der Waals surface area contributed by atoms with Crippen LogP contribution in [0.5, 0.6) is 0 Å². The van der Waals surface area contributed by atoms with Crippen LogP contribution in [-0.2, 0) is 6.42 Å². The predicted octanol–water partition coefficient (Wildman–Crippen LogP) is 3.47. The summed E-state index contributed by atoms with van der Waals surface area (Å²) in [5.41, 5.74) is 8.43. The molecule has 0 amide bonds. The van der Waals surface area contributed by atoms with E-state index in [9.17, 15) is 0 Å². The number of rotatable bonds is 3. The summed E-state index contributed by atoms with van der Waals surface area (Å²) in [5, 5.41) is 0.864. The lowest BCUT2D eigenvalue weighted by molar-refractivity contribution is 0.438. The van der Waals surface area contributed by atoms with Crippen molar-refractivity contribution in [3.63, 3.8) is 0 Å². The normalized spacial score (nSPS) is 19.0. The second kappa shape index (κ2) is 5.94. The molecule has 0 saturated carbocycles. The van der Waals surface area contributed by atoms with Gasteiger partial charge in [0, 0.05) is 19.1 Å². The molecule has 0 radical (unpaired) electrons. The van der Waals surface area contributed by atoms with Crippen LogP contribution in [0.2, 0.25) is 5.02 Å². The third-order valence-electron chi connectivity index (χ3n) is 3.71. The number of halogens is 1. The largest absolute Gasteiger partial charge is 0.370 e. The first-order valence-electron chi connectivity index (χ1n) is 6.86. The van der Waals surface area contributed by atoms with Crippen LogP contribution in [0.3, 0.4) is 0 Å². The molecule has 1 saturated heterocycles. The van der Waals surface area contributed by atoms with Gasteiger partial charge in [-0.25, -0.2) is 0 Å². The molecular weight excluding hydrogens is 244 g/mol. The van der Waals surface area contributed by atoms with Crippen molar-refractivity contribution in [2.75, 3.05) is 18.0 Å². The van der Waals surface area contributed by atoms with E-state index >= 15 is 0 Å². The Morgan fingerprint density at radius 3 is 2.67 bits per heavy atom. The van der Waals surface area contributed by atoms with Gasteiger partial charge in [-0.3, -0.25) is 0 Å². The third-order valence-corrected chi connectivity index (χ3v) is 4.02. The van der Waals surface area contributed by atoms with Crippen LogP contribution in [0.15, 0.2) is 18.2 Å². The molecule has 1 aliphatic rings. The van der Waals surface area contributed by atoms with Gasteiger partial charge >= 0.3 is 0 Å². The van der Waals surface area contributed by atoms with Crippen LogP contribution >= 0.6 is 11.6 Å². The molecule has 0 spiro atoms. The summed E-state index contributed by atoms with van der Waals surface area (Å²) in [6.07, 6.45) is 3.40. The van der Waals surface area contributed by atoms with Crippen LogP contribution < -0.4 is 10.6 Å². The maximum absolute atomic E-state index is 6.40. The second-order valence-electron chi connectivity index (χ2n) is 5.60. The van der Waals surface area contributed by atoms with Crippen molar-refractivity contribution >= 4 is 17.3 Å². The second-order valence-corrected chi connectivity index (χ2v) is 6.01. The van der Waals surface area contributed by atoms with Crippen molar-refractivity contribution in [3.8, 4) is 0 Å². The van der Waals surface area contributed by atoms with E-state index in [1.54, 1.807) is 0 Å². The van der Waals surface area contributed by atoms with E-state index in [4.69, 9.17) is 17.3 Å². The number of anilines is 1. The number of hydrogen-bond donors (Lipinski definition) is 1. The summed E-state index contributed by atoms with van der Waals surface area (Å²) in [5.74, 6) is 0.834. The van der Waals surface area contributed by atoms with Crippen molar-refractivity contribution in [3.05, 3.63) is 28.8 Å². The first kappa shape index (κ1) is 13.7. The Hall–Kier alpha value is -0.730. The maximum Gasteiger partial charge on any atom is 0.0642 e. The van der Waals surface area contributed by atoms with Gasteiger partial charge < -0.3 is 10.6 Å². The molecule has 1 fully saturated rings. The molecule has 0 bridgehead atoms. The Morgan fingerprint density at radius 2 is 2.06 bits per heavy atom. The molecule has 1 heterocycles. The van der Waals surface area contributed by atoms with Gasteiger partial charge in [-0.05, 0) is 43.7 Å². The van der Waals surface area contributed by atoms with Gasteiger partial charge in [-0.2, -0.15) is 0 Å². The van der Waals surface area contributed by atoms with E-state index in [-0.39, 0.29) is 6.04 Å². The fourth-order valence-electron chi connectivity index (χ4n) is 2.66. The summed E-state index contributed by atoms with van der Waals surface area (Å²) < 4.78 is 0. The fraction of sp³-hybridized carbons (Fsp3) is 0.600. The average Bonchev–Trinajstić information content (AvgIpc) is 2.30. The zero-order valence-electron chi connectivity index (χ0n) is 11.3. The lowest BCUT2D eigenvalue weighted by Gasteiger charge is -2.34. The van der Waals surface area contributed by atoms with Gasteiger partial charge in [0.25, 0.3) is 0 Å². The van der Waals surface area contributed by atoms with E-state index in [0.717, 1.165) is 30.5 Å². The standard InChI is InChI=1S/C15H23ClN2/c1-11-6-8-18(9-7-11)15-13(10-12(2)17)4-3-5-14(15)16/h3-5,11-12H,6-10,17H2,1-2H3. The lowest BCUT2D eigenvalue weighted by Crippen LogP contribution is -2.34. The molecular formula is C15H23ClN2. The first-order chi connectivity index (χ1) is 8.58. The molecule has 1 aliphatic heterocycles. The average molecular weight is 267 g/mol. The van der Waals surface area contributed by atoms with E-state index in [1.807, 2.05) is 19.1 Å². The van der Waals surface area contributed by atoms with Gasteiger partial charge in [-0.1, -0.05) is 30.7 Å². The zero-order chi connectivity index (χ0) is 13.1. The number of para-hydroxylation sites is 1. The highest BCUT2D eigenvalue weighted by molar-refractivity contribution is 6.33. The molecule has 1 aromatic rings. The summed E-state index contributed by atoms with van der Waals surface area (Å²) in [7, 11) is 0. The Bertz CT molecular complexity index is 395. The Balaban J connectivity index is 2.24. The molecule has 1 atom stereocenters. The molecule has 0 aliphatic carbocycles. The van der Waals surface area contributed by atoms with Crippen molar-refractivity contribution in [1.82, 2.24) is 0 Å². The van der Waals surface area contributed by atoms with Crippen molar-refractivity contribution in [2.24, 2.45) is 11.7 Å². The Kier molecular flexibility index (Phi) is 4.52. The quantitative estimate of drug-likeness (QED) is 0.908. The van der Waals surface area contributed by atoms with Crippen LogP contribution in [0.1, 0.15) is 32.3 Å². The number of benzene rings is 1. The van der Waals surface area contributed by atoms with E-state index in [1.165, 1.54) is 24.1 Å². The van der Waals surface area contributed by atoms with Crippen LogP contribution in [0, 0.1) is 5.92 Å². The maximum atomic E-state index is 6.40. The highest BCUT2D eigenvalue weighted by Crippen LogP contribution is 2.33. The van der Waals surface area contributed by atoms with Gasteiger partial charge in [0.15, 0.2) is 0 Å². The summed E-state index contributed by atoms with van der Waals surface area (Å²) in [6, 6.07) is 6.34. The minimum Gasteiger partial charge on any atom is -0.370 e. The molecule has 2 rings (SSSR count). The highest BCUT2D eigenvalue weighted by Gasteiger charge is 2.20. The smallest absolute Gasteiger partial charge is 0.0642 e. The predicted molar refractivity (Wildman–Crippen MR) is 79.4 cm³/mol. The number of hydrogen-bond acceptors (Lipinski definition) is 2. The SMILES string of the molecule is CC(N)Cc1cccc(Cl)c1N1CCC(C)CC1.